The maximum Gasteiger partial charge on any atom is 0.0574 e. The van der Waals surface area contributed by atoms with E-state index >= 15 is 0 Å². The summed E-state index contributed by atoms with van der Waals surface area (Å²) in [5.41, 5.74) is 0. The summed E-state index contributed by atoms with van der Waals surface area (Å²) in [7, 11) is 0. The lowest BCUT2D eigenvalue weighted by Gasteiger charge is -2.17. The van der Waals surface area contributed by atoms with Crippen molar-refractivity contribution in [3.05, 3.63) is 0 Å². The molecule has 0 aromatic rings. The van der Waals surface area contributed by atoms with Crippen molar-refractivity contribution < 1.29 is 5.11 Å². The van der Waals surface area contributed by atoms with E-state index in [9.17, 15) is 5.11 Å². The van der Waals surface area contributed by atoms with Gasteiger partial charge >= 0.3 is 0 Å². The third kappa shape index (κ3) is 0.493. The van der Waals surface area contributed by atoms with Crippen LogP contribution in [0.2, 0.25) is 0 Å². The summed E-state index contributed by atoms with van der Waals surface area (Å²) in [5.74, 6) is 3.61. The fourth-order valence-electron chi connectivity index (χ4n) is 3.75. The van der Waals surface area contributed by atoms with Crippen LogP contribution in [0.15, 0.2) is 0 Å². The lowest BCUT2D eigenvalue weighted by molar-refractivity contribution is 0.125. The normalized spacial score (nSPS) is 63.9. The van der Waals surface area contributed by atoms with Crippen molar-refractivity contribution in [3.63, 3.8) is 0 Å². The fourth-order valence-corrected chi connectivity index (χ4v) is 3.75. The van der Waals surface area contributed by atoms with Crippen LogP contribution in [-0.4, -0.2) is 11.2 Å². The van der Waals surface area contributed by atoms with Crippen molar-refractivity contribution in [2.75, 3.05) is 0 Å². The largest absolute Gasteiger partial charge is 0.393 e. The van der Waals surface area contributed by atoms with Gasteiger partial charge in [0.25, 0.3) is 0 Å². The molecule has 0 aliphatic heterocycles. The molecule has 0 aromatic heterocycles. The van der Waals surface area contributed by atoms with E-state index in [1.165, 1.54) is 19.3 Å². The maximum absolute atomic E-state index is 9.60. The van der Waals surface area contributed by atoms with Crippen LogP contribution in [0.25, 0.3) is 0 Å². The molecule has 0 heterocycles. The molecule has 0 aromatic carbocycles. The number of rotatable bonds is 0. The quantitative estimate of drug-likeness (QED) is 0.536. The molecule has 1 N–H and O–H groups in total. The summed E-state index contributed by atoms with van der Waals surface area (Å²) in [6.45, 7) is 0. The molecule has 10 heavy (non-hydrogen) atoms. The predicted molar refractivity (Wildman–Crippen MR) is 38.4 cm³/mol. The van der Waals surface area contributed by atoms with Crippen molar-refractivity contribution in [3.8, 4) is 0 Å². The van der Waals surface area contributed by atoms with E-state index in [0.717, 1.165) is 30.1 Å². The van der Waals surface area contributed by atoms with E-state index in [0.29, 0.717) is 0 Å². The first-order chi connectivity index (χ1) is 4.84. The zero-order chi connectivity index (χ0) is 6.72. The van der Waals surface area contributed by atoms with Gasteiger partial charge in [0, 0.05) is 0 Å². The summed E-state index contributed by atoms with van der Waals surface area (Å²) in [6.07, 6.45) is 5.46. The van der Waals surface area contributed by atoms with E-state index in [4.69, 9.17) is 0 Å². The molecule has 5 atom stereocenters. The summed E-state index contributed by atoms with van der Waals surface area (Å²) < 4.78 is 0. The summed E-state index contributed by atoms with van der Waals surface area (Å²) in [5, 5.41) is 9.60. The highest BCUT2D eigenvalue weighted by atomic mass is 16.3. The highest BCUT2D eigenvalue weighted by Crippen LogP contribution is 2.59. The Morgan fingerprint density at radius 2 is 1.70 bits per heavy atom. The third-order valence-corrected chi connectivity index (χ3v) is 4.04. The molecule has 0 amide bonds. The van der Waals surface area contributed by atoms with E-state index in [-0.39, 0.29) is 6.10 Å². The SMILES string of the molecule is OC1C[C@H]2C[C@@H]3C[C@H]2[C@H]1C3. The van der Waals surface area contributed by atoms with Crippen LogP contribution in [0.3, 0.4) is 0 Å². The molecule has 3 rings (SSSR count). The van der Waals surface area contributed by atoms with E-state index in [1.807, 2.05) is 0 Å². The van der Waals surface area contributed by atoms with Crippen molar-refractivity contribution in [1.29, 1.82) is 0 Å². The monoisotopic (exact) mass is 138 g/mol. The van der Waals surface area contributed by atoms with E-state index in [1.54, 1.807) is 0 Å². The Hall–Kier alpha value is -0.0400. The highest BCUT2D eigenvalue weighted by Gasteiger charge is 2.53. The molecule has 0 saturated heterocycles. The Bertz CT molecular complexity index is 164. The average molecular weight is 138 g/mol. The Labute approximate surface area is 61.4 Å². The first kappa shape index (κ1) is 5.59. The molecule has 56 valence electrons. The van der Waals surface area contributed by atoms with Gasteiger partial charge in [0.15, 0.2) is 0 Å². The van der Waals surface area contributed by atoms with Crippen LogP contribution < -0.4 is 0 Å². The second kappa shape index (κ2) is 1.58. The molecule has 0 radical (unpaired) electrons. The minimum Gasteiger partial charge on any atom is -0.393 e. The standard InChI is InChI=1S/C9H14O/c10-9-4-6-1-5-2-7(6)8(9)3-5/h5-10H,1-4H2/t5-,6-,7-,8-,9?/m1/s1. The molecular weight excluding hydrogens is 124 g/mol. The number of hydrogen-bond donors (Lipinski definition) is 1. The van der Waals surface area contributed by atoms with Gasteiger partial charge in [0.1, 0.15) is 0 Å². The number of hydrogen-bond acceptors (Lipinski definition) is 1. The molecular formula is C9H14O. The van der Waals surface area contributed by atoms with Gasteiger partial charge in [-0.25, -0.2) is 0 Å². The summed E-state index contributed by atoms with van der Waals surface area (Å²) >= 11 is 0. The van der Waals surface area contributed by atoms with Crippen LogP contribution in [0, 0.1) is 23.7 Å². The molecule has 0 spiro atoms. The number of aliphatic hydroxyl groups excluding tert-OH is 1. The van der Waals surface area contributed by atoms with Crippen molar-refractivity contribution in [2.45, 2.75) is 31.8 Å². The van der Waals surface area contributed by atoms with E-state index < -0.39 is 0 Å². The van der Waals surface area contributed by atoms with Gasteiger partial charge < -0.3 is 5.11 Å². The zero-order valence-corrected chi connectivity index (χ0v) is 6.16. The lowest BCUT2D eigenvalue weighted by Crippen LogP contribution is -2.15. The number of aliphatic hydroxyl groups is 1. The number of fused-ring (bicyclic) bond motifs is 1. The van der Waals surface area contributed by atoms with E-state index in [2.05, 4.69) is 0 Å². The third-order valence-electron chi connectivity index (χ3n) is 4.04. The second-order valence-corrected chi connectivity index (χ2v) is 4.46. The minimum absolute atomic E-state index is 0.0856. The molecule has 1 heteroatoms. The Morgan fingerprint density at radius 3 is 2.30 bits per heavy atom. The van der Waals surface area contributed by atoms with Gasteiger partial charge in [0.2, 0.25) is 0 Å². The summed E-state index contributed by atoms with van der Waals surface area (Å²) in [4.78, 5) is 0. The topological polar surface area (TPSA) is 20.2 Å². The smallest absolute Gasteiger partial charge is 0.0574 e. The van der Waals surface area contributed by atoms with Crippen molar-refractivity contribution in [1.82, 2.24) is 0 Å². The predicted octanol–water partition coefficient (Wildman–Crippen LogP) is 1.41. The first-order valence-electron chi connectivity index (χ1n) is 4.52. The molecule has 3 aliphatic carbocycles. The van der Waals surface area contributed by atoms with Crippen LogP contribution in [0.5, 0.6) is 0 Å². The average Bonchev–Trinajstić information content (AvgIpc) is 2.44. The molecule has 3 saturated carbocycles. The van der Waals surface area contributed by atoms with Crippen LogP contribution in [0.4, 0.5) is 0 Å². The second-order valence-electron chi connectivity index (χ2n) is 4.46. The van der Waals surface area contributed by atoms with Crippen LogP contribution >= 0.6 is 0 Å². The van der Waals surface area contributed by atoms with Gasteiger partial charge in [0.05, 0.1) is 6.10 Å². The maximum atomic E-state index is 9.60. The zero-order valence-electron chi connectivity index (χ0n) is 6.16. The van der Waals surface area contributed by atoms with Gasteiger partial charge in [-0.1, -0.05) is 0 Å². The van der Waals surface area contributed by atoms with Crippen molar-refractivity contribution in [2.24, 2.45) is 23.7 Å². The molecule has 3 aliphatic rings. The lowest BCUT2D eigenvalue weighted by atomic mass is 9.89. The van der Waals surface area contributed by atoms with Crippen LogP contribution in [0.1, 0.15) is 25.7 Å². The molecule has 1 unspecified atom stereocenters. The molecule has 1 nitrogen and oxygen atoms in total. The Kier molecular flexibility index (Phi) is 0.883. The highest BCUT2D eigenvalue weighted by molar-refractivity contribution is 5.03. The van der Waals surface area contributed by atoms with Gasteiger partial charge in [-0.05, 0) is 49.4 Å². The Balaban J connectivity index is 1.98. The van der Waals surface area contributed by atoms with Crippen molar-refractivity contribution >= 4 is 0 Å². The first-order valence-corrected chi connectivity index (χ1v) is 4.52. The minimum atomic E-state index is 0.0856. The van der Waals surface area contributed by atoms with Gasteiger partial charge in [-0.2, -0.15) is 0 Å². The van der Waals surface area contributed by atoms with Gasteiger partial charge in [-0.3, -0.25) is 0 Å². The molecule has 2 bridgehead atoms. The fraction of sp³-hybridized carbons (Fsp3) is 1.00. The Morgan fingerprint density at radius 1 is 0.900 bits per heavy atom. The van der Waals surface area contributed by atoms with Gasteiger partial charge in [-0.15, -0.1) is 0 Å². The molecule has 3 fully saturated rings. The van der Waals surface area contributed by atoms with Crippen LogP contribution in [-0.2, 0) is 0 Å². The summed E-state index contributed by atoms with van der Waals surface area (Å²) in [6, 6.07) is 0.